The molecule has 2 aliphatic heterocycles. The third-order valence-corrected chi connectivity index (χ3v) is 8.67. The number of aliphatic imine (C=N–C) groups is 2. The predicted molar refractivity (Wildman–Crippen MR) is 152 cm³/mol. The monoisotopic (exact) mass is 534 g/mol. The van der Waals surface area contributed by atoms with Gasteiger partial charge in [-0.2, -0.15) is 0 Å². The molecule has 0 atom stereocenters. The van der Waals surface area contributed by atoms with E-state index in [1.54, 1.807) is 0 Å². The molecule has 202 valence electrons. The van der Waals surface area contributed by atoms with E-state index in [-0.39, 0.29) is 0 Å². The fourth-order valence-electron chi connectivity index (χ4n) is 6.16. The van der Waals surface area contributed by atoms with Gasteiger partial charge in [0.15, 0.2) is 0 Å². The summed E-state index contributed by atoms with van der Waals surface area (Å²) in [6.45, 7) is 5.60. The number of nitrogens with zero attached hydrogens (tertiary/aromatic N) is 4. The first kappa shape index (κ1) is 25.8. The quantitative estimate of drug-likeness (QED) is 0.367. The van der Waals surface area contributed by atoms with Gasteiger partial charge in [0, 0.05) is 23.0 Å². The van der Waals surface area contributed by atoms with Crippen molar-refractivity contribution in [1.82, 2.24) is 9.97 Å². The highest BCUT2D eigenvalue weighted by Crippen LogP contribution is 2.42. The van der Waals surface area contributed by atoms with E-state index in [4.69, 9.17) is 26.1 Å². The van der Waals surface area contributed by atoms with Gasteiger partial charge in [-0.1, -0.05) is 24.4 Å². The number of fused-ring (bicyclic) bond motifs is 2. The number of pyridine rings is 2. The Balaban J connectivity index is 0.000000140. The van der Waals surface area contributed by atoms with Gasteiger partial charge in [-0.25, -0.2) is 9.97 Å². The van der Waals surface area contributed by atoms with Crippen LogP contribution < -0.4 is 9.47 Å². The van der Waals surface area contributed by atoms with E-state index in [1.165, 1.54) is 81.0 Å². The molecule has 0 unspecified atom stereocenters. The van der Waals surface area contributed by atoms with E-state index in [9.17, 15) is 0 Å². The lowest BCUT2D eigenvalue weighted by molar-refractivity contribution is 0.148. The van der Waals surface area contributed by atoms with Crippen LogP contribution in [0.25, 0.3) is 0 Å². The molecule has 7 rings (SSSR count). The molecule has 0 aromatic carbocycles. The Morgan fingerprint density at radius 2 is 1.16 bits per heavy atom. The number of hydrogen-bond donors (Lipinski definition) is 0. The zero-order valence-electron chi connectivity index (χ0n) is 22.8. The van der Waals surface area contributed by atoms with Crippen molar-refractivity contribution < 1.29 is 9.47 Å². The van der Waals surface area contributed by atoms with Gasteiger partial charge in [0.1, 0.15) is 17.4 Å². The van der Waals surface area contributed by atoms with E-state index in [2.05, 4.69) is 28.0 Å². The second-order valence-electron chi connectivity index (χ2n) is 11.5. The normalized spacial score (nSPS) is 21.1. The fraction of sp³-hybridized carbons (Fsp3) is 0.613. The maximum atomic E-state index is 6.30. The summed E-state index contributed by atoms with van der Waals surface area (Å²) >= 11 is 6.05. The molecule has 0 radical (unpaired) electrons. The minimum atomic E-state index is 0.294. The summed E-state index contributed by atoms with van der Waals surface area (Å²) in [7, 11) is 0. The molecule has 0 saturated heterocycles. The molecule has 38 heavy (non-hydrogen) atoms. The van der Waals surface area contributed by atoms with Crippen LogP contribution in [0, 0.1) is 0 Å². The lowest BCUT2D eigenvalue weighted by Gasteiger charge is -2.24. The highest BCUT2D eigenvalue weighted by Gasteiger charge is 2.30. The molecule has 6 nitrogen and oxygen atoms in total. The van der Waals surface area contributed by atoms with Crippen molar-refractivity contribution in [2.24, 2.45) is 9.98 Å². The standard InChI is InChI=1S/C17H22N2O.C14H17ClN2O/c1-11-16-13(10-18-11)9-15(12-7-8-12)19-17(16)20-14-5-3-2-4-6-14;1-9-13-10(8-16-9)7-12(15)17-14(13)18-11-5-3-2-4-6-11/h9,12,14H,2-8,10H2,1H3;7,11H,2-6,8H2,1H3. The molecule has 5 aliphatic rings. The second kappa shape index (κ2) is 11.3. The smallest absolute Gasteiger partial charge is 0.224 e. The first-order valence-electron chi connectivity index (χ1n) is 14.6. The summed E-state index contributed by atoms with van der Waals surface area (Å²) in [5.41, 5.74) is 8.05. The number of rotatable bonds is 5. The van der Waals surface area contributed by atoms with E-state index in [0.717, 1.165) is 47.8 Å². The van der Waals surface area contributed by atoms with Crippen LogP contribution in [0.5, 0.6) is 11.8 Å². The van der Waals surface area contributed by atoms with E-state index < -0.39 is 0 Å². The Morgan fingerprint density at radius 3 is 1.68 bits per heavy atom. The van der Waals surface area contributed by atoms with Crippen LogP contribution >= 0.6 is 11.6 Å². The largest absolute Gasteiger partial charge is 0.474 e. The molecule has 3 fully saturated rings. The van der Waals surface area contributed by atoms with Gasteiger partial charge >= 0.3 is 0 Å². The van der Waals surface area contributed by atoms with Crippen LogP contribution in [0.15, 0.2) is 22.1 Å². The highest BCUT2D eigenvalue weighted by molar-refractivity contribution is 6.29. The molecule has 2 aromatic rings. The molecule has 7 heteroatoms. The van der Waals surface area contributed by atoms with E-state index in [1.807, 2.05) is 13.0 Å². The van der Waals surface area contributed by atoms with Crippen LogP contribution in [0.4, 0.5) is 0 Å². The summed E-state index contributed by atoms with van der Waals surface area (Å²) in [6, 6.07) is 4.16. The van der Waals surface area contributed by atoms with Crippen LogP contribution in [0.3, 0.4) is 0 Å². The number of aromatic nitrogens is 2. The van der Waals surface area contributed by atoms with E-state index in [0.29, 0.717) is 35.7 Å². The minimum absolute atomic E-state index is 0.294. The van der Waals surface area contributed by atoms with Gasteiger partial charge in [0.05, 0.1) is 24.2 Å². The molecule has 0 spiro atoms. The molecule has 0 amide bonds. The van der Waals surface area contributed by atoms with Crippen LogP contribution in [-0.2, 0) is 13.1 Å². The average Bonchev–Trinajstić information content (AvgIpc) is 3.62. The van der Waals surface area contributed by atoms with Crippen molar-refractivity contribution in [1.29, 1.82) is 0 Å². The van der Waals surface area contributed by atoms with Crippen molar-refractivity contribution in [3.8, 4) is 11.8 Å². The molecule has 4 heterocycles. The third-order valence-electron chi connectivity index (χ3n) is 8.48. The lowest BCUT2D eigenvalue weighted by Crippen LogP contribution is -2.21. The second-order valence-corrected chi connectivity index (χ2v) is 11.9. The SMILES string of the molecule is CC1=NCc2cc(C3CC3)nc(OC3CCCCC3)c21.CC1=NCc2cc(Cl)nc(OC3CCCCC3)c21. The van der Waals surface area contributed by atoms with Gasteiger partial charge < -0.3 is 9.47 Å². The topological polar surface area (TPSA) is 69.0 Å². The maximum absolute atomic E-state index is 6.30. The summed E-state index contributed by atoms with van der Waals surface area (Å²) in [5, 5.41) is 0.504. The zero-order valence-corrected chi connectivity index (χ0v) is 23.5. The lowest BCUT2D eigenvalue weighted by atomic mass is 9.97. The number of ether oxygens (including phenoxy) is 2. The number of hydrogen-bond acceptors (Lipinski definition) is 6. The van der Waals surface area contributed by atoms with Crippen LogP contribution in [-0.4, -0.2) is 33.6 Å². The summed E-state index contributed by atoms with van der Waals surface area (Å²) < 4.78 is 12.4. The summed E-state index contributed by atoms with van der Waals surface area (Å²) in [5.74, 6) is 2.23. The van der Waals surface area contributed by atoms with E-state index >= 15 is 0 Å². The van der Waals surface area contributed by atoms with Crippen molar-refractivity contribution >= 4 is 23.0 Å². The van der Waals surface area contributed by atoms with Crippen molar-refractivity contribution in [3.63, 3.8) is 0 Å². The van der Waals surface area contributed by atoms with Gasteiger partial charge in [-0.3, -0.25) is 9.98 Å². The zero-order chi connectivity index (χ0) is 26.1. The Labute approximate surface area is 231 Å². The summed E-state index contributed by atoms with van der Waals surface area (Å²) in [6.07, 6.45) is 15.6. The van der Waals surface area contributed by atoms with Gasteiger partial charge in [0.25, 0.3) is 0 Å². The molecule has 3 aliphatic carbocycles. The molecule has 3 saturated carbocycles. The molecule has 2 aromatic heterocycles. The molecule has 0 bridgehead atoms. The first-order valence-corrected chi connectivity index (χ1v) is 15.0. The van der Waals surface area contributed by atoms with Crippen LogP contribution in [0.2, 0.25) is 5.15 Å². The average molecular weight is 535 g/mol. The molecule has 0 N–H and O–H groups in total. The first-order chi connectivity index (χ1) is 18.5. The van der Waals surface area contributed by atoms with Crippen molar-refractivity contribution in [2.75, 3.05) is 0 Å². The van der Waals surface area contributed by atoms with Gasteiger partial charge in [-0.05, 0) is 101 Å². The molecular weight excluding hydrogens is 496 g/mol. The van der Waals surface area contributed by atoms with Crippen LogP contribution in [0.1, 0.15) is 125 Å². The Hall–Kier alpha value is -2.47. The predicted octanol–water partition coefficient (Wildman–Crippen LogP) is 7.76. The molecular formula is C31H39ClN4O2. The van der Waals surface area contributed by atoms with Gasteiger partial charge in [0.2, 0.25) is 11.8 Å². The number of halogens is 1. The van der Waals surface area contributed by atoms with Crippen molar-refractivity contribution in [2.45, 2.75) is 122 Å². The Morgan fingerprint density at radius 1 is 0.658 bits per heavy atom. The third kappa shape index (κ3) is 5.75. The van der Waals surface area contributed by atoms with Gasteiger partial charge in [-0.15, -0.1) is 0 Å². The van der Waals surface area contributed by atoms with Crippen molar-refractivity contribution in [3.05, 3.63) is 45.2 Å². The fourth-order valence-corrected chi connectivity index (χ4v) is 6.37. The summed E-state index contributed by atoms with van der Waals surface area (Å²) in [4.78, 5) is 18.2. The minimum Gasteiger partial charge on any atom is -0.474 e. The Bertz CT molecular complexity index is 1240. The Kier molecular flexibility index (Phi) is 7.69. The highest BCUT2D eigenvalue weighted by atomic mass is 35.5. The maximum Gasteiger partial charge on any atom is 0.224 e.